The van der Waals surface area contributed by atoms with Gasteiger partial charge < -0.3 is 14.2 Å². The highest BCUT2D eigenvalue weighted by molar-refractivity contribution is 4.56. The normalized spacial score (nSPS) is 29.7. The van der Waals surface area contributed by atoms with Crippen LogP contribution in [0, 0.1) is 0 Å². The first-order chi connectivity index (χ1) is 5.39. The molecule has 1 unspecified atom stereocenters. The Labute approximate surface area is 67.6 Å². The van der Waals surface area contributed by atoms with E-state index >= 15 is 0 Å². The molecule has 0 radical (unpaired) electrons. The van der Waals surface area contributed by atoms with Gasteiger partial charge in [-0.1, -0.05) is 0 Å². The molecular formula is C8H16O3. The van der Waals surface area contributed by atoms with Crippen LogP contribution in [0.15, 0.2) is 0 Å². The number of rotatable bonds is 0. The van der Waals surface area contributed by atoms with Crippen molar-refractivity contribution in [2.24, 2.45) is 0 Å². The minimum atomic E-state index is 0.500. The van der Waals surface area contributed by atoms with Crippen LogP contribution >= 0.6 is 0 Å². The molecule has 0 amide bonds. The van der Waals surface area contributed by atoms with E-state index in [1.165, 1.54) is 12.8 Å². The van der Waals surface area contributed by atoms with E-state index in [0.29, 0.717) is 12.9 Å². The second-order valence-electron chi connectivity index (χ2n) is 2.76. The van der Waals surface area contributed by atoms with Crippen LogP contribution in [0.2, 0.25) is 0 Å². The Morgan fingerprint density at radius 1 is 1.09 bits per heavy atom. The van der Waals surface area contributed by atoms with Crippen molar-refractivity contribution in [2.45, 2.75) is 25.9 Å². The summed E-state index contributed by atoms with van der Waals surface area (Å²) in [7, 11) is 0. The maximum atomic E-state index is 5.15. The monoisotopic (exact) mass is 160 g/mol. The minimum absolute atomic E-state index is 0.500. The molecule has 2 rings (SSSR count). The van der Waals surface area contributed by atoms with Gasteiger partial charge in [0.1, 0.15) is 6.79 Å². The maximum absolute atomic E-state index is 5.15. The van der Waals surface area contributed by atoms with Crippen LogP contribution in [0.3, 0.4) is 0 Å². The number of hydrogen-bond donors (Lipinski definition) is 0. The lowest BCUT2D eigenvalue weighted by molar-refractivity contribution is 0.0692. The fourth-order valence-corrected chi connectivity index (χ4v) is 1.03. The lowest BCUT2D eigenvalue weighted by Gasteiger charge is -1.94. The SMILES string of the molecule is C1COCO1.CC1CCCO1. The molecule has 2 fully saturated rings. The standard InChI is InChI=1S/C5H10O.C3H6O2/c1-5-3-2-4-6-5;1-2-5-3-4-1/h5H,2-4H2,1H3;1-3H2. The zero-order valence-electron chi connectivity index (χ0n) is 7.04. The smallest absolute Gasteiger partial charge is 0.146 e. The van der Waals surface area contributed by atoms with E-state index in [0.717, 1.165) is 19.8 Å². The van der Waals surface area contributed by atoms with E-state index in [9.17, 15) is 0 Å². The van der Waals surface area contributed by atoms with Crippen molar-refractivity contribution in [2.75, 3.05) is 26.6 Å². The van der Waals surface area contributed by atoms with Gasteiger partial charge in [0.15, 0.2) is 0 Å². The molecule has 2 aliphatic heterocycles. The molecule has 1 atom stereocenters. The van der Waals surface area contributed by atoms with Crippen molar-refractivity contribution >= 4 is 0 Å². The fraction of sp³-hybridized carbons (Fsp3) is 1.00. The van der Waals surface area contributed by atoms with Crippen molar-refractivity contribution in [3.63, 3.8) is 0 Å². The average Bonchev–Trinajstić information content (AvgIpc) is 2.57. The summed E-state index contributed by atoms with van der Waals surface area (Å²) in [6, 6.07) is 0. The third-order valence-corrected chi connectivity index (χ3v) is 1.70. The van der Waals surface area contributed by atoms with Gasteiger partial charge in [-0.25, -0.2) is 0 Å². The first-order valence-corrected chi connectivity index (χ1v) is 4.16. The topological polar surface area (TPSA) is 27.7 Å². The summed E-state index contributed by atoms with van der Waals surface area (Å²) < 4.78 is 14.6. The molecule has 0 bridgehead atoms. The Kier molecular flexibility index (Phi) is 4.50. The minimum Gasteiger partial charge on any atom is -0.379 e. The van der Waals surface area contributed by atoms with Crippen LogP contribution in [0.1, 0.15) is 19.8 Å². The Bertz CT molecular complexity index is 77.7. The quantitative estimate of drug-likeness (QED) is 0.532. The molecule has 0 saturated carbocycles. The van der Waals surface area contributed by atoms with E-state index in [1.54, 1.807) is 0 Å². The summed E-state index contributed by atoms with van der Waals surface area (Å²) in [6.07, 6.45) is 3.08. The Morgan fingerprint density at radius 3 is 2.00 bits per heavy atom. The third kappa shape index (κ3) is 4.35. The summed E-state index contributed by atoms with van der Waals surface area (Å²) >= 11 is 0. The highest BCUT2D eigenvalue weighted by Crippen LogP contribution is 2.09. The lowest BCUT2D eigenvalue weighted by Crippen LogP contribution is -1.94. The third-order valence-electron chi connectivity index (χ3n) is 1.70. The maximum Gasteiger partial charge on any atom is 0.146 e. The van der Waals surface area contributed by atoms with Crippen LogP contribution in [0.5, 0.6) is 0 Å². The number of ether oxygens (including phenoxy) is 3. The van der Waals surface area contributed by atoms with Crippen LogP contribution in [-0.2, 0) is 14.2 Å². The van der Waals surface area contributed by atoms with Gasteiger partial charge >= 0.3 is 0 Å². The zero-order chi connectivity index (χ0) is 7.94. The highest BCUT2D eigenvalue weighted by atomic mass is 16.7. The molecule has 2 saturated heterocycles. The summed E-state index contributed by atoms with van der Waals surface area (Å²) in [4.78, 5) is 0. The predicted molar refractivity (Wildman–Crippen MR) is 41.4 cm³/mol. The molecule has 11 heavy (non-hydrogen) atoms. The molecule has 0 N–H and O–H groups in total. The summed E-state index contributed by atoms with van der Waals surface area (Å²) in [6.45, 7) is 5.16. The summed E-state index contributed by atoms with van der Waals surface area (Å²) in [5.41, 5.74) is 0. The van der Waals surface area contributed by atoms with Crippen molar-refractivity contribution in [1.29, 1.82) is 0 Å². The van der Waals surface area contributed by atoms with Gasteiger partial charge in [-0.05, 0) is 19.8 Å². The van der Waals surface area contributed by atoms with Crippen LogP contribution in [0.25, 0.3) is 0 Å². The summed E-state index contributed by atoms with van der Waals surface area (Å²) in [5.74, 6) is 0. The van der Waals surface area contributed by atoms with Gasteiger partial charge in [-0.2, -0.15) is 0 Å². The van der Waals surface area contributed by atoms with Gasteiger partial charge in [-0.15, -0.1) is 0 Å². The van der Waals surface area contributed by atoms with Crippen molar-refractivity contribution < 1.29 is 14.2 Å². The molecule has 0 spiro atoms. The second kappa shape index (κ2) is 5.52. The largest absolute Gasteiger partial charge is 0.379 e. The van der Waals surface area contributed by atoms with E-state index in [4.69, 9.17) is 14.2 Å². The van der Waals surface area contributed by atoms with Crippen LogP contribution in [0.4, 0.5) is 0 Å². The van der Waals surface area contributed by atoms with Crippen LogP contribution < -0.4 is 0 Å². The molecule has 3 nitrogen and oxygen atoms in total. The molecule has 0 aromatic carbocycles. The van der Waals surface area contributed by atoms with Gasteiger partial charge in [0.25, 0.3) is 0 Å². The fourth-order valence-electron chi connectivity index (χ4n) is 1.03. The molecule has 0 aromatic heterocycles. The second-order valence-corrected chi connectivity index (χ2v) is 2.76. The predicted octanol–water partition coefficient (Wildman–Crippen LogP) is 1.18. The average molecular weight is 160 g/mol. The van der Waals surface area contributed by atoms with Gasteiger partial charge in [0, 0.05) is 6.61 Å². The molecule has 2 heterocycles. The Hall–Kier alpha value is -0.120. The molecular weight excluding hydrogens is 144 g/mol. The van der Waals surface area contributed by atoms with Crippen molar-refractivity contribution in [1.82, 2.24) is 0 Å². The Morgan fingerprint density at radius 2 is 1.82 bits per heavy atom. The van der Waals surface area contributed by atoms with Gasteiger partial charge in [0.2, 0.25) is 0 Å². The first kappa shape index (κ1) is 8.97. The van der Waals surface area contributed by atoms with E-state index in [2.05, 4.69) is 6.92 Å². The molecule has 0 aromatic rings. The zero-order valence-corrected chi connectivity index (χ0v) is 7.04. The summed E-state index contributed by atoms with van der Waals surface area (Å²) in [5, 5.41) is 0. The lowest BCUT2D eigenvalue weighted by atomic mass is 10.3. The molecule has 3 heteroatoms. The van der Waals surface area contributed by atoms with Crippen molar-refractivity contribution in [3.8, 4) is 0 Å². The first-order valence-electron chi connectivity index (χ1n) is 4.16. The van der Waals surface area contributed by atoms with Gasteiger partial charge in [0.05, 0.1) is 19.3 Å². The van der Waals surface area contributed by atoms with E-state index < -0.39 is 0 Å². The van der Waals surface area contributed by atoms with Gasteiger partial charge in [-0.3, -0.25) is 0 Å². The van der Waals surface area contributed by atoms with E-state index in [-0.39, 0.29) is 0 Å². The molecule has 2 aliphatic rings. The number of hydrogen-bond acceptors (Lipinski definition) is 3. The van der Waals surface area contributed by atoms with Crippen LogP contribution in [-0.4, -0.2) is 32.7 Å². The molecule has 0 aliphatic carbocycles. The van der Waals surface area contributed by atoms with E-state index in [1.807, 2.05) is 0 Å². The molecule has 66 valence electrons. The van der Waals surface area contributed by atoms with Crippen molar-refractivity contribution in [3.05, 3.63) is 0 Å². The Balaban J connectivity index is 0.000000112. The highest BCUT2D eigenvalue weighted by Gasteiger charge is 2.07.